The normalized spacial score (nSPS) is 15.3. The van der Waals surface area contributed by atoms with Crippen LogP contribution in [0.1, 0.15) is 17.7 Å². The molecule has 0 aliphatic carbocycles. The summed E-state index contributed by atoms with van der Waals surface area (Å²) in [5.74, 6) is 0.796. The summed E-state index contributed by atoms with van der Waals surface area (Å²) in [4.78, 5) is 0.127. The molecule has 1 aromatic heterocycles. The summed E-state index contributed by atoms with van der Waals surface area (Å²) in [6, 6.07) is 13.1. The Bertz CT molecular complexity index is 1240. The van der Waals surface area contributed by atoms with Gasteiger partial charge in [0, 0.05) is 48.4 Å². The molecule has 158 valence electrons. The number of hydrogen-bond acceptors (Lipinski definition) is 4. The molecule has 1 aliphatic rings. The molecule has 7 heteroatoms. The van der Waals surface area contributed by atoms with Gasteiger partial charge in [0.05, 0.1) is 14.2 Å². The maximum Gasteiger partial charge on any atom is 0.247 e. The highest BCUT2D eigenvalue weighted by molar-refractivity contribution is 7.89. The molecule has 0 bridgehead atoms. The van der Waals surface area contributed by atoms with Gasteiger partial charge in [0.25, 0.3) is 0 Å². The quantitative estimate of drug-likeness (QED) is 0.619. The molecule has 30 heavy (non-hydrogen) atoms. The zero-order valence-corrected chi connectivity index (χ0v) is 18.5. The van der Waals surface area contributed by atoms with E-state index in [1.165, 1.54) is 52.3 Å². The van der Waals surface area contributed by atoms with Crippen molar-refractivity contribution in [2.24, 2.45) is 7.05 Å². The van der Waals surface area contributed by atoms with Crippen LogP contribution < -0.4 is 9.47 Å². The van der Waals surface area contributed by atoms with Gasteiger partial charge in [-0.05, 0) is 37.1 Å². The predicted molar refractivity (Wildman–Crippen MR) is 119 cm³/mol. The zero-order valence-electron chi connectivity index (χ0n) is 17.7. The summed E-state index contributed by atoms with van der Waals surface area (Å²) < 4.78 is 40.8. The number of para-hydroxylation sites is 1. The number of methoxy groups -OCH3 is 2. The second-order valence-electron chi connectivity index (χ2n) is 7.40. The minimum atomic E-state index is -3.71. The fourth-order valence-electron chi connectivity index (χ4n) is 4.15. The van der Waals surface area contributed by atoms with Crippen molar-refractivity contribution in [3.63, 3.8) is 0 Å². The van der Waals surface area contributed by atoms with Crippen molar-refractivity contribution >= 4 is 26.5 Å². The van der Waals surface area contributed by atoms with Crippen LogP contribution in [0.25, 0.3) is 16.5 Å². The summed E-state index contributed by atoms with van der Waals surface area (Å²) in [6.07, 6.45) is 2.68. The van der Waals surface area contributed by atoms with Crippen LogP contribution in [0.5, 0.6) is 11.5 Å². The van der Waals surface area contributed by atoms with E-state index in [4.69, 9.17) is 9.47 Å². The van der Waals surface area contributed by atoms with Crippen molar-refractivity contribution in [3.05, 3.63) is 59.8 Å². The molecule has 0 atom stereocenters. The highest BCUT2D eigenvalue weighted by Crippen LogP contribution is 2.36. The molecule has 6 nitrogen and oxygen atoms in total. The number of benzene rings is 2. The van der Waals surface area contributed by atoms with Gasteiger partial charge in [0.2, 0.25) is 10.0 Å². The molecule has 0 radical (unpaired) electrons. The Labute approximate surface area is 177 Å². The van der Waals surface area contributed by atoms with Crippen molar-refractivity contribution in [1.29, 1.82) is 0 Å². The van der Waals surface area contributed by atoms with Gasteiger partial charge in [-0.3, -0.25) is 0 Å². The Morgan fingerprint density at radius 3 is 2.47 bits per heavy atom. The van der Waals surface area contributed by atoms with E-state index in [0.717, 1.165) is 0 Å². The van der Waals surface area contributed by atoms with Gasteiger partial charge in [0.1, 0.15) is 16.4 Å². The Morgan fingerprint density at radius 1 is 1.03 bits per heavy atom. The second-order valence-corrected chi connectivity index (χ2v) is 9.30. The number of fused-ring (bicyclic) bond motifs is 1. The van der Waals surface area contributed by atoms with E-state index in [9.17, 15) is 8.42 Å². The molecule has 0 N–H and O–H groups in total. The standard InChI is InChI=1S/C23H26N2O4S/c1-16-23(19-7-5-6-8-20(19)24(16)2)17-11-13-25(14-12-17)30(26,27)22-15-18(28-3)9-10-21(22)29-4/h5-11,15H,12-14H2,1-4H3. The molecule has 0 saturated heterocycles. The average Bonchev–Trinajstić information content (AvgIpc) is 3.03. The predicted octanol–water partition coefficient (Wildman–Crippen LogP) is 3.98. The molecule has 0 amide bonds. The van der Waals surface area contributed by atoms with Crippen LogP contribution in [-0.2, 0) is 17.1 Å². The second kappa shape index (κ2) is 7.81. The average molecular weight is 427 g/mol. The summed E-state index contributed by atoms with van der Waals surface area (Å²) in [7, 11) is 1.34. The lowest BCUT2D eigenvalue weighted by molar-refractivity contribution is 0.386. The number of rotatable bonds is 5. The number of aromatic nitrogens is 1. The first-order valence-electron chi connectivity index (χ1n) is 9.84. The van der Waals surface area contributed by atoms with Crippen molar-refractivity contribution in [1.82, 2.24) is 8.87 Å². The lowest BCUT2D eigenvalue weighted by Crippen LogP contribution is -2.35. The molecule has 2 aromatic carbocycles. The van der Waals surface area contributed by atoms with Gasteiger partial charge in [-0.2, -0.15) is 4.31 Å². The fraction of sp³-hybridized carbons (Fsp3) is 0.304. The van der Waals surface area contributed by atoms with Crippen LogP contribution in [0.3, 0.4) is 0 Å². The van der Waals surface area contributed by atoms with Crippen molar-refractivity contribution in [2.45, 2.75) is 18.2 Å². The van der Waals surface area contributed by atoms with Crippen LogP contribution in [0.15, 0.2) is 53.4 Å². The molecule has 2 heterocycles. The molecule has 0 unspecified atom stereocenters. The monoisotopic (exact) mass is 426 g/mol. The molecular formula is C23H26N2O4S. The first-order valence-corrected chi connectivity index (χ1v) is 11.3. The van der Waals surface area contributed by atoms with Gasteiger partial charge < -0.3 is 14.0 Å². The third-order valence-electron chi connectivity index (χ3n) is 5.88. The van der Waals surface area contributed by atoms with Gasteiger partial charge in [0.15, 0.2) is 0 Å². The first kappa shape index (κ1) is 20.5. The number of aryl methyl sites for hydroxylation is 1. The Balaban J connectivity index is 1.69. The molecule has 1 aliphatic heterocycles. The van der Waals surface area contributed by atoms with Crippen LogP contribution in [0.2, 0.25) is 0 Å². The molecular weight excluding hydrogens is 400 g/mol. The van der Waals surface area contributed by atoms with Gasteiger partial charge in [-0.25, -0.2) is 8.42 Å². The highest BCUT2D eigenvalue weighted by atomic mass is 32.2. The maximum absolute atomic E-state index is 13.3. The molecule has 4 rings (SSSR count). The maximum atomic E-state index is 13.3. The minimum absolute atomic E-state index is 0.127. The van der Waals surface area contributed by atoms with Gasteiger partial charge in [-0.15, -0.1) is 0 Å². The molecule has 0 fully saturated rings. The first-order chi connectivity index (χ1) is 14.4. The van der Waals surface area contributed by atoms with E-state index >= 15 is 0 Å². The highest BCUT2D eigenvalue weighted by Gasteiger charge is 2.30. The van der Waals surface area contributed by atoms with Crippen LogP contribution in [0, 0.1) is 6.92 Å². The third-order valence-corrected chi connectivity index (χ3v) is 7.77. The summed E-state index contributed by atoms with van der Waals surface area (Å²) in [6.45, 7) is 2.85. The topological polar surface area (TPSA) is 60.8 Å². The lowest BCUT2D eigenvalue weighted by Gasteiger charge is -2.27. The minimum Gasteiger partial charge on any atom is -0.497 e. The number of ether oxygens (including phenoxy) is 2. The molecule has 0 spiro atoms. The van der Waals surface area contributed by atoms with E-state index < -0.39 is 10.0 Å². The summed E-state index contributed by atoms with van der Waals surface area (Å²) >= 11 is 0. The number of nitrogens with zero attached hydrogens (tertiary/aromatic N) is 2. The van der Waals surface area contributed by atoms with Crippen molar-refractivity contribution < 1.29 is 17.9 Å². The molecule has 0 saturated carbocycles. The zero-order chi connectivity index (χ0) is 21.5. The fourth-order valence-corrected chi connectivity index (χ4v) is 5.70. The Hall–Kier alpha value is -2.77. The Kier molecular flexibility index (Phi) is 5.34. The van der Waals surface area contributed by atoms with E-state index in [1.807, 2.05) is 18.2 Å². The largest absolute Gasteiger partial charge is 0.497 e. The van der Waals surface area contributed by atoms with Crippen molar-refractivity contribution in [3.8, 4) is 11.5 Å². The van der Waals surface area contributed by atoms with Crippen LogP contribution in [0.4, 0.5) is 0 Å². The molecule has 3 aromatic rings. The van der Waals surface area contributed by atoms with Gasteiger partial charge >= 0.3 is 0 Å². The van der Waals surface area contributed by atoms with E-state index in [2.05, 4.69) is 30.7 Å². The third kappa shape index (κ3) is 3.28. The Morgan fingerprint density at radius 2 is 1.80 bits per heavy atom. The number of hydrogen-bond donors (Lipinski definition) is 0. The van der Waals surface area contributed by atoms with Gasteiger partial charge in [-0.1, -0.05) is 24.3 Å². The van der Waals surface area contributed by atoms with E-state index in [0.29, 0.717) is 31.0 Å². The summed E-state index contributed by atoms with van der Waals surface area (Å²) in [5.41, 5.74) is 4.77. The smallest absolute Gasteiger partial charge is 0.247 e. The van der Waals surface area contributed by atoms with Crippen molar-refractivity contribution in [2.75, 3.05) is 27.3 Å². The van der Waals surface area contributed by atoms with Crippen LogP contribution in [-0.4, -0.2) is 44.6 Å². The van der Waals surface area contributed by atoms with Crippen LogP contribution >= 0.6 is 0 Å². The summed E-state index contributed by atoms with van der Waals surface area (Å²) in [5, 5.41) is 1.20. The van der Waals surface area contributed by atoms with E-state index in [-0.39, 0.29) is 4.90 Å². The SMILES string of the molecule is COc1ccc(OC)c(S(=O)(=O)N2CC=C(c3c(C)n(C)c4ccccc34)CC2)c1. The lowest BCUT2D eigenvalue weighted by atomic mass is 9.97. The number of sulfonamides is 1. The van der Waals surface area contributed by atoms with E-state index in [1.54, 1.807) is 12.1 Å².